The Hall–Kier alpha value is -2.07. The normalized spacial score (nSPS) is 10.8. The van der Waals surface area contributed by atoms with Gasteiger partial charge in [0.15, 0.2) is 11.5 Å². The first-order valence-electron chi connectivity index (χ1n) is 5.43. The molecule has 0 aliphatic heterocycles. The van der Waals surface area contributed by atoms with E-state index in [1.165, 1.54) is 0 Å². The fourth-order valence-electron chi connectivity index (χ4n) is 1.76. The molecule has 3 rings (SSSR count). The summed E-state index contributed by atoms with van der Waals surface area (Å²) in [6, 6.07) is 13.0. The zero-order valence-electron chi connectivity index (χ0n) is 9.67. The molecule has 0 fully saturated rings. The smallest absolute Gasteiger partial charge is 0.216 e. The molecule has 0 amide bonds. The van der Waals surface area contributed by atoms with Gasteiger partial charge in [-0.05, 0) is 30.3 Å². The van der Waals surface area contributed by atoms with Crippen LogP contribution in [0.5, 0.6) is 5.88 Å². The van der Waals surface area contributed by atoms with Crippen molar-refractivity contribution in [3.8, 4) is 17.3 Å². The zero-order chi connectivity index (χ0) is 12.5. The number of aromatic nitrogens is 3. The van der Waals surface area contributed by atoms with E-state index in [1.54, 1.807) is 11.6 Å². The lowest BCUT2D eigenvalue weighted by Gasteiger charge is -1.99. The van der Waals surface area contributed by atoms with Gasteiger partial charge in [-0.2, -0.15) is 4.52 Å². The summed E-state index contributed by atoms with van der Waals surface area (Å²) in [7, 11) is 1.61. The summed E-state index contributed by atoms with van der Waals surface area (Å²) < 4.78 is 6.91. The van der Waals surface area contributed by atoms with Crippen molar-refractivity contribution >= 4 is 17.2 Å². The summed E-state index contributed by atoms with van der Waals surface area (Å²) in [5, 5.41) is 5.12. The number of hydrogen-bond donors (Lipinski definition) is 0. The molecule has 0 saturated heterocycles. The van der Waals surface area contributed by atoms with Crippen LogP contribution in [0, 0.1) is 0 Å². The Balaban J connectivity index is 2.16. The van der Waals surface area contributed by atoms with Crippen LogP contribution in [-0.2, 0) is 0 Å². The summed E-state index contributed by atoms with van der Waals surface area (Å²) in [5.74, 6) is 1.30. The van der Waals surface area contributed by atoms with Crippen LogP contribution in [-0.4, -0.2) is 21.7 Å². The number of pyridine rings is 1. The second-order valence-corrected chi connectivity index (χ2v) is 4.22. The fraction of sp³-hybridized carbons (Fsp3) is 0.0769. The summed E-state index contributed by atoms with van der Waals surface area (Å²) in [6.07, 6.45) is 0. The van der Waals surface area contributed by atoms with Gasteiger partial charge in [0.05, 0.1) is 7.11 Å². The zero-order valence-corrected chi connectivity index (χ0v) is 10.4. The van der Waals surface area contributed by atoms with Gasteiger partial charge in [-0.1, -0.05) is 17.7 Å². The molecule has 2 aromatic heterocycles. The third kappa shape index (κ3) is 1.80. The summed E-state index contributed by atoms with van der Waals surface area (Å²) >= 11 is 5.86. The molecule has 0 aliphatic rings. The molecule has 5 heteroatoms. The van der Waals surface area contributed by atoms with Gasteiger partial charge in [0.25, 0.3) is 0 Å². The van der Waals surface area contributed by atoms with E-state index in [2.05, 4.69) is 10.1 Å². The van der Waals surface area contributed by atoms with Gasteiger partial charge in [-0.15, -0.1) is 5.10 Å². The molecule has 4 nitrogen and oxygen atoms in total. The number of halogens is 1. The van der Waals surface area contributed by atoms with Crippen LogP contribution < -0.4 is 4.74 Å². The first kappa shape index (κ1) is 11.0. The molecule has 90 valence electrons. The fourth-order valence-corrected chi connectivity index (χ4v) is 1.88. The van der Waals surface area contributed by atoms with Crippen LogP contribution in [0.2, 0.25) is 5.02 Å². The van der Waals surface area contributed by atoms with Crippen molar-refractivity contribution in [2.24, 2.45) is 0 Å². The number of methoxy groups -OCH3 is 1. The van der Waals surface area contributed by atoms with E-state index < -0.39 is 0 Å². The van der Waals surface area contributed by atoms with Gasteiger partial charge in [-0.25, -0.2) is 4.98 Å². The number of rotatable bonds is 2. The number of hydrogen-bond acceptors (Lipinski definition) is 3. The second-order valence-electron chi connectivity index (χ2n) is 3.78. The van der Waals surface area contributed by atoms with Crippen LogP contribution in [0.3, 0.4) is 0 Å². The summed E-state index contributed by atoms with van der Waals surface area (Å²) in [5.41, 5.74) is 1.67. The molecule has 3 aromatic rings. The minimum absolute atomic E-state index is 0.649. The van der Waals surface area contributed by atoms with Gasteiger partial charge in [-0.3, -0.25) is 0 Å². The second kappa shape index (κ2) is 4.31. The lowest BCUT2D eigenvalue weighted by molar-refractivity contribution is 0.386. The molecular weight excluding hydrogens is 250 g/mol. The van der Waals surface area contributed by atoms with Crippen molar-refractivity contribution in [2.45, 2.75) is 0 Å². The van der Waals surface area contributed by atoms with Crippen molar-refractivity contribution in [3.63, 3.8) is 0 Å². The van der Waals surface area contributed by atoms with E-state index >= 15 is 0 Å². The number of benzene rings is 1. The molecule has 0 radical (unpaired) electrons. The Bertz CT molecular complexity index is 691. The topological polar surface area (TPSA) is 39.4 Å². The molecule has 0 atom stereocenters. The maximum absolute atomic E-state index is 5.86. The predicted molar refractivity (Wildman–Crippen MR) is 70.0 cm³/mol. The van der Waals surface area contributed by atoms with Crippen molar-refractivity contribution in [3.05, 3.63) is 47.5 Å². The highest BCUT2D eigenvalue weighted by atomic mass is 35.5. The predicted octanol–water partition coefficient (Wildman–Crippen LogP) is 3.06. The van der Waals surface area contributed by atoms with Gasteiger partial charge < -0.3 is 4.74 Å². The maximum atomic E-state index is 5.86. The first-order chi connectivity index (χ1) is 8.78. The highest BCUT2D eigenvalue weighted by molar-refractivity contribution is 6.30. The Morgan fingerprint density at radius 1 is 1.11 bits per heavy atom. The highest BCUT2D eigenvalue weighted by Crippen LogP contribution is 2.21. The maximum Gasteiger partial charge on any atom is 0.216 e. The molecule has 2 heterocycles. The Kier molecular flexibility index (Phi) is 2.64. The van der Waals surface area contributed by atoms with Crippen molar-refractivity contribution in [1.82, 2.24) is 14.6 Å². The molecule has 18 heavy (non-hydrogen) atoms. The molecule has 1 aromatic carbocycles. The largest absolute Gasteiger partial charge is 0.481 e. The Morgan fingerprint density at radius 3 is 2.61 bits per heavy atom. The van der Waals surface area contributed by atoms with E-state index in [4.69, 9.17) is 16.3 Å². The van der Waals surface area contributed by atoms with Crippen molar-refractivity contribution < 1.29 is 4.74 Å². The van der Waals surface area contributed by atoms with Crippen LogP contribution in [0.25, 0.3) is 17.0 Å². The van der Waals surface area contributed by atoms with Crippen LogP contribution >= 0.6 is 11.6 Å². The van der Waals surface area contributed by atoms with E-state index in [1.807, 2.05) is 42.5 Å². The van der Waals surface area contributed by atoms with Crippen molar-refractivity contribution in [1.29, 1.82) is 0 Å². The SMILES string of the molecule is COc1cccc2nc(-c3ccc(Cl)cc3)nn12. The molecule has 0 unspecified atom stereocenters. The van der Waals surface area contributed by atoms with E-state index in [-0.39, 0.29) is 0 Å². The molecule has 0 bridgehead atoms. The molecular formula is C13H10ClN3O. The number of nitrogens with zero attached hydrogens (tertiary/aromatic N) is 3. The average molecular weight is 260 g/mol. The van der Waals surface area contributed by atoms with E-state index in [9.17, 15) is 0 Å². The van der Waals surface area contributed by atoms with Crippen LogP contribution in [0.1, 0.15) is 0 Å². The van der Waals surface area contributed by atoms with Gasteiger partial charge in [0, 0.05) is 16.7 Å². The van der Waals surface area contributed by atoms with Crippen LogP contribution in [0.4, 0.5) is 0 Å². The monoisotopic (exact) mass is 259 g/mol. The Morgan fingerprint density at radius 2 is 1.89 bits per heavy atom. The lowest BCUT2D eigenvalue weighted by Crippen LogP contribution is -1.94. The van der Waals surface area contributed by atoms with Gasteiger partial charge in [0.2, 0.25) is 5.88 Å². The van der Waals surface area contributed by atoms with Gasteiger partial charge in [0.1, 0.15) is 0 Å². The minimum atomic E-state index is 0.649. The first-order valence-corrected chi connectivity index (χ1v) is 5.81. The molecule has 0 N–H and O–H groups in total. The lowest BCUT2D eigenvalue weighted by atomic mass is 10.2. The number of fused-ring (bicyclic) bond motifs is 1. The Labute approximate surface area is 109 Å². The number of ether oxygens (including phenoxy) is 1. The van der Waals surface area contributed by atoms with E-state index in [0.29, 0.717) is 16.7 Å². The van der Waals surface area contributed by atoms with Crippen LogP contribution in [0.15, 0.2) is 42.5 Å². The highest BCUT2D eigenvalue weighted by Gasteiger charge is 2.08. The molecule has 0 aliphatic carbocycles. The third-order valence-electron chi connectivity index (χ3n) is 2.64. The standard InChI is InChI=1S/C13H10ClN3O/c1-18-12-4-2-3-11-15-13(16-17(11)12)9-5-7-10(14)8-6-9/h2-8H,1H3. The molecule has 0 spiro atoms. The van der Waals surface area contributed by atoms with E-state index in [0.717, 1.165) is 11.2 Å². The quantitative estimate of drug-likeness (QED) is 0.710. The summed E-state index contributed by atoms with van der Waals surface area (Å²) in [4.78, 5) is 4.45. The van der Waals surface area contributed by atoms with Gasteiger partial charge >= 0.3 is 0 Å². The van der Waals surface area contributed by atoms with Crippen molar-refractivity contribution in [2.75, 3.05) is 7.11 Å². The third-order valence-corrected chi connectivity index (χ3v) is 2.89. The molecule has 0 saturated carbocycles. The average Bonchev–Trinajstić information content (AvgIpc) is 2.83. The minimum Gasteiger partial charge on any atom is -0.481 e. The summed E-state index contributed by atoms with van der Waals surface area (Å²) in [6.45, 7) is 0.